The summed E-state index contributed by atoms with van der Waals surface area (Å²) in [6.45, 7) is 16.0. The van der Waals surface area contributed by atoms with Crippen molar-refractivity contribution in [2.24, 2.45) is 5.92 Å². The van der Waals surface area contributed by atoms with Gasteiger partial charge in [0.25, 0.3) is 0 Å². The summed E-state index contributed by atoms with van der Waals surface area (Å²) < 4.78 is 0. The van der Waals surface area contributed by atoms with Gasteiger partial charge in [0.05, 0.1) is 5.69 Å². The molecule has 0 fully saturated rings. The maximum absolute atomic E-state index is 4.95. The average molecular weight is 264 g/mol. The topological polar surface area (TPSA) is 28.7 Å². The molecule has 1 heterocycles. The molecular formula is C17H32N2. The highest BCUT2D eigenvalue weighted by atomic mass is 14.9. The van der Waals surface area contributed by atoms with Crippen LogP contribution in [-0.2, 0) is 11.8 Å². The van der Waals surface area contributed by atoms with Crippen LogP contribution in [0.15, 0.2) is 0 Å². The van der Waals surface area contributed by atoms with Crippen LogP contribution < -0.4 is 0 Å². The molecule has 1 aromatic rings. The van der Waals surface area contributed by atoms with E-state index in [0.29, 0.717) is 11.8 Å². The Kier molecular flexibility index (Phi) is 5.64. The summed E-state index contributed by atoms with van der Waals surface area (Å²) in [7, 11) is 0. The molecule has 0 saturated carbocycles. The van der Waals surface area contributed by atoms with Crippen LogP contribution in [0.3, 0.4) is 0 Å². The third kappa shape index (κ3) is 4.09. The molecule has 0 aliphatic heterocycles. The fourth-order valence-electron chi connectivity index (χ4n) is 2.69. The number of imidazole rings is 1. The van der Waals surface area contributed by atoms with Crippen LogP contribution in [-0.4, -0.2) is 9.97 Å². The first-order valence-electron chi connectivity index (χ1n) is 7.91. The molecule has 2 nitrogen and oxygen atoms in total. The normalized spacial score (nSPS) is 14.1. The first kappa shape index (κ1) is 16.3. The number of aromatic amines is 1. The summed E-state index contributed by atoms with van der Waals surface area (Å²) in [4.78, 5) is 8.55. The third-order valence-corrected chi connectivity index (χ3v) is 4.11. The Balaban J connectivity index is 3.08. The largest absolute Gasteiger partial charge is 0.345 e. The lowest BCUT2D eigenvalue weighted by Gasteiger charge is -2.24. The summed E-state index contributed by atoms with van der Waals surface area (Å²) in [5.41, 5.74) is 2.82. The van der Waals surface area contributed by atoms with E-state index < -0.39 is 0 Å². The minimum absolute atomic E-state index is 0.179. The smallest absolute Gasteiger partial charge is 0.106 e. The molecule has 1 rings (SSSR count). The van der Waals surface area contributed by atoms with Gasteiger partial charge in [-0.05, 0) is 18.3 Å². The molecule has 1 aromatic heterocycles. The van der Waals surface area contributed by atoms with Gasteiger partial charge in [-0.2, -0.15) is 0 Å². The minimum Gasteiger partial charge on any atom is -0.345 e. The van der Waals surface area contributed by atoms with Crippen LogP contribution >= 0.6 is 0 Å². The molecule has 0 bridgehead atoms. The Morgan fingerprint density at radius 3 is 2.26 bits per heavy atom. The molecule has 0 amide bonds. The zero-order chi connectivity index (χ0) is 14.6. The number of nitrogens with one attached hydrogen (secondary N) is 1. The van der Waals surface area contributed by atoms with Crippen LogP contribution in [0.4, 0.5) is 0 Å². The van der Waals surface area contributed by atoms with Gasteiger partial charge in [-0.3, -0.25) is 0 Å². The Morgan fingerprint density at radius 1 is 1.16 bits per heavy atom. The van der Waals surface area contributed by atoms with Crippen molar-refractivity contribution in [3.05, 3.63) is 17.2 Å². The van der Waals surface area contributed by atoms with Crippen LogP contribution in [0.2, 0.25) is 0 Å². The highest BCUT2D eigenvalue weighted by Crippen LogP contribution is 2.33. The molecule has 0 aromatic carbocycles. The first-order valence-corrected chi connectivity index (χ1v) is 7.91. The Hall–Kier alpha value is -0.790. The quantitative estimate of drug-likeness (QED) is 0.720. The summed E-state index contributed by atoms with van der Waals surface area (Å²) in [5, 5.41) is 0. The molecule has 0 radical (unpaired) electrons. The number of hydrogen-bond acceptors (Lipinski definition) is 1. The van der Waals surface area contributed by atoms with Crippen LogP contribution in [0.5, 0.6) is 0 Å². The maximum atomic E-state index is 4.95. The van der Waals surface area contributed by atoms with E-state index >= 15 is 0 Å². The second-order valence-electron chi connectivity index (χ2n) is 6.95. The fourth-order valence-corrected chi connectivity index (χ4v) is 2.69. The van der Waals surface area contributed by atoms with E-state index in [1.54, 1.807) is 0 Å². The number of nitrogens with zero attached hydrogens (tertiary/aromatic N) is 1. The monoisotopic (exact) mass is 264 g/mol. The van der Waals surface area contributed by atoms with Gasteiger partial charge in [0.15, 0.2) is 0 Å². The standard InChI is InChI=1S/C17H32N2/c1-8-10-17(6,7)16-15(12(3)4)18-14(19-16)11-13(5)9-2/h12-13H,8-11H2,1-7H3,(H,18,19). The van der Waals surface area contributed by atoms with E-state index in [-0.39, 0.29) is 5.41 Å². The predicted octanol–water partition coefficient (Wildman–Crippen LogP) is 5.20. The van der Waals surface area contributed by atoms with Crippen molar-refractivity contribution in [2.75, 3.05) is 0 Å². The van der Waals surface area contributed by atoms with Gasteiger partial charge in [0.1, 0.15) is 5.82 Å². The first-order chi connectivity index (χ1) is 8.81. The van der Waals surface area contributed by atoms with E-state index in [0.717, 1.165) is 6.42 Å². The Morgan fingerprint density at radius 2 is 1.79 bits per heavy atom. The Labute approximate surface area is 119 Å². The molecule has 0 aliphatic rings. The molecule has 0 spiro atoms. The maximum Gasteiger partial charge on any atom is 0.106 e. The van der Waals surface area contributed by atoms with Gasteiger partial charge in [0.2, 0.25) is 0 Å². The van der Waals surface area contributed by atoms with Gasteiger partial charge in [-0.15, -0.1) is 0 Å². The van der Waals surface area contributed by atoms with E-state index in [2.05, 4.69) is 53.5 Å². The summed E-state index contributed by atoms with van der Waals surface area (Å²) >= 11 is 0. The van der Waals surface area contributed by atoms with Crippen molar-refractivity contribution in [3.63, 3.8) is 0 Å². The average Bonchev–Trinajstić information content (AvgIpc) is 2.73. The zero-order valence-corrected chi connectivity index (χ0v) is 13.9. The van der Waals surface area contributed by atoms with Crippen molar-refractivity contribution < 1.29 is 0 Å². The van der Waals surface area contributed by atoms with Crippen molar-refractivity contribution in [3.8, 4) is 0 Å². The van der Waals surface area contributed by atoms with Gasteiger partial charge in [-0.1, -0.05) is 61.3 Å². The molecule has 1 N–H and O–H groups in total. The summed E-state index contributed by atoms with van der Waals surface area (Å²) in [6, 6.07) is 0. The lowest BCUT2D eigenvalue weighted by Crippen LogP contribution is -2.20. The van der Waals surface area contributed by atoms with Crippen molar-refractivity contribution in [1.29, 1.82) is 0 Å². The minimum atomic E-state index is 0.179. The SMILES string of the molecule is CCCC(C)(C)c1nc(CC(C)CC)[nH]c1C(C)C. The molecule has 110 valence electrons. The number of rotatable bonds is 7. The van der Waals surface area contributed by atoms with Crippen LogP contribution in [0.1, 0.15) is 90.9 Å². The lowest BCUT2D eigenvalue weighted by atomic mass is 9.82. The van der Waals surface area contributed by atoms with Gasteiger partial charge in [0, 0.05) is 17.5 Å². The molecule has 0 saturated heterocycles. The molecule has 0 aliphatic carbocycles. The molecular weight excluding hydrogens is 232 g/mol. The van der Waals surface area contributed by atoms with E-state index in [4.69, 9.17) is 4.98 Å². The second-order valence-corrected chi connectivity index (χ2v) is 6.95. The van der Waals surface area contributed by atoms with E-state index in [1.807, 2.05) is 0 Å². The summed E-state index contributed by atoms with van der Waals surface area (Å²) in [5.74, 6) is 2.40. The van der Waals surface area contributed by atoms with Crippen molar-refractivity contribution in [1.82, 2.24) is 9.97 Å². The van der Waals surface area contributed by atoms with Gasteiger partial charge >= 0.3 is 0 Å². The number of H-pyrrole nitrogens is 1. The Bertz CT molecular complexity index is 388. The summed E-state index contributed by atoms with van der Waals surface area (Å²) in [6.07, 6.45) is 4.68. The second kappa shape index (κ2) is 6.58. The van der Waals surface area contributed by atoms with E-state index in [9.17, 15) is 0 Å². The third-order valence-electron chi connectivity index (χ3n) is 4.11. The number of hydrogen-bond donors (Lipinski definition) is 1. The molecule has 2 heteroatoms. The van der Waals surface area contributed by atoms with Crippen molar-refractivity contribution in [2.45, 2.75) is 85.5 Å². The molecule has 1 atom stereocenters. The number of aromatic nitrogens is 2. The highest BCUT2D eigenvalue weighted by molar-refractivity contribution is 5.25. The molecule has 1 unspecified atom stereocenters. The predicted molar refractivity (Wildman–Crippen MR) is 83.8 cm³/mol. The van der Waals surface area contributed by atoms with Crippen LogP contribution in [0, 0.1) is 5.92 Å². The van der Waals surface area contributed by atoms with Crippen molar-refractivity contribution >= 4 is 0 Å². The van der Waals surface area contributed by atoms with Crippen LogP contribution in [0.25, 0.3) is 0 Å². The molecule has 19 heavy (non-hydrogen) atoms. The van der Waals surface area contributed by atoms with Gasteiger partial charge < -0.3 is 4.98 Å². The zero-order valence-electron chi connectivity index (χ0n) is 13.9. The van der Waals surface area contributed by atoms with Gasteiger partial charge in [-0.25, -0.2) is 4.98 Å². The lowest BCUT2D eigenvalue weighted by molar-refractivity contribution is 0.453. The van der Waals surface area contributed by atoms with E-state index in [1.165, 1.54) is 36.5 Å². The fraction of sp³-hybridized carbons (Fsp3) is 0.824. The highest BCUT2D eigenvalue weighted by Gasteiger charge is 2.28.